The molecule has 1 amide bonds. The number of aryl methyl sites for hydroxylation is 1. The van der Waals surface area contributed by atoms with Crippen molar-refractivity contribution in [1.29, 1.82) is 0 Å². The Bertz CT molecular complexity index is 961. The highest BCUT2D eigenvalue weighted by molar-refractivity contribution is 5.89. The minimum atomic E-state index is -4.45. The molecule has 2 heterocycles. The number of oxazole rings is 1. The minimum absolute atomic E-state index is 0.121. The molecule has 0 aliphatic heterocycles. The fourth-order valence-electron chi connectivity index (χ4n) is 2.26. The Labute approximate surface area is 151 Å². The minimum Gasteiger partial charge on any atom is -0.447 e. The lowest BCUT2D eigenvalue weighted by Gasteiger charge is -2.09. The number of nitrogens with zero attached hydrogens (tertiary/aromatic N) is 4. The molecule has 3 aromatic rings. The van der Waals surface area contributed by atoms with Crippen LogP contribution in [0, 0.1) is 6.92 Å². The van der Waals surface area contributed by atoms with Crippen LogP contribution in [0.1, 0.15) is 16.9 Å². The fraction of sp³-hybridized carbons (Fsp3) is 0.176. The molecule has 3 rings (SSSR count). The summed E-state index contributed by atoms with van der Waals surface area (Å²) in [6.07, 6.45) is 2.13. The summed E-state index contributed by atoms with van der Waals surface area (Å²) in [5.41, 5.74) is -0.0843. The largest absolute Gasteiger partial charge is 0.447 e. The molecule has 0 aliphatic rings. The van der Waals surface area contributed by atoms with Gasteiger partial charge in [-0.15, -0.1) is 5.10 Å². The average molecular weight is 377 g/mol. The second-order valence-corrected chi connectivity index (χ2v) is 5.63. The van der Waals surface area contributed by atoms with Crippen molar-refractivity contribution in [3.63, 3.8) is 0 Å². The molecular formula is C17H14F3N5O2. The molecule has 7 nitrogen and oxygen atoms in total. The summed E-state index contributed by atoms with van der Waals surface area (Å²) in [5.74, 6) is 0.217. The van der Waals surface area contributed by atoms with Crippen molar-refractivity contribution in [1.82, 2.24) is 25.1 Å². The topological polar surface area (TPSA) is 85.8 Å². The first-order chi connectivity index (χ1) is 12.8. The number of benzene rings is 1. The highest BCUT2D eigenvalue weighted by Crippen LogP contribution is 2.32. The number of nitrogens with one attached hydrogen (secondary N) is 1. The number of hydrogen-bond donors (Lipinski definition) is 1. The van der Waals surface area contributed by atoms with Gasteiger partial charge >= 0.3 is 6.18 Å². The van der Waals surface area contributed by atoms with Crippen LogP contribution in [0.25, 0.3) is 17.6 Å². The van der Waals surface area contributed by atoms with Gasteiger partial charge in [0.1, 0.15) is 12.1 Å². The molecule has 10 heteroatoms. The summed E-state index contributed by atoms with van der Waals surface area (Å²) >= 11 is 0. The van der Waals surface area contributed by atoms with E-state index in [4.69, 9.17) is 4.42 Å². The van der Waals surface area contributed by atoms with E-state index in [9.17, 15) is 18.0 Å². The highest BCUT2D eigenvalue weighted by atomic mass is 19.4. The average Bonchev–Trinajstić information content (AvgIpc) is 3.28. The van der Waals surface area contributed by atoms with Crippen molar-refractivity contribution in [3.8, 4) is 11.4 Å². The van der Waals surface area contributed by atoms with Crippen LogP contribution >= 0.6 is 0 Å². The molecule has 0 bridgehead atoms. The van der Waals surface area contributed by atoms with E-state index in [0.29, 0.717) is 11.3 Å². The zero-order valence-corrected chi connectivity index (χ0v) is 14.1. The molecular weight excluding hydrogens is 363 g/mol. The maximum atomic E-state index is 12.9. The molecule has 0 aliphatic carbocycles. The van der Waals surface area contributed by atoms with Gasteiger partial charge in [0.15, 0.2) is 12.2 Å². The molecule has 0 saturated carbocycles. The predicted octanol–water partition coefficient (Wildman–Crippen LogP) is 3.05. The second kappa shape index (κ2) is 7.44. The van der Waals surface area contributed by atoms with Gasteiger partial charge in [-0.1, -0.05) is 0 Å². The first kappa shape index (κ1) is 18.4. The van der Waals surface area contributed by atoms with Crippen LogP contribution in [0.3, 0.4) is 0 Å². The summed E-state index contributed by atoms with van der Waals surface area (Å²) in [7, 11) is 0. The van der Waals surface area contributed by atoms with E-state index in [1.807, 2.05) is 0 Å². The number of carbonyl (C=O) groups is 1. The number of hydrogen-bond acceptors (Lipinski definition) is 5. The third-order valence-corrected chi connectivity index (χ3v) is 3.47. The number of alkyl halides is 3. The van der Waals surface area contributed by atoms with Crippen LogP contribution in [-0.4, -0.2) is 25.7 Å². The van der Waals surface area contributed by atoms with E-state index in [2.05, 4.69) is 20.4 Å². The number of halogens is 3. The van der Waals surface area contributed by atoms with Crippen LogP contribution in [0.4, 0.5) is 13.2 Å². The summed E-state index contributed by atoms with van der Waals surface area (Å²) in [6.45, 7) is 1.74. The molecule has 27 heavy (non-hydrogen) atoms. The maximum absolute atomic E-state index is 12.9. The molecule has 0 saturated heterocycles. The first-order valence-corrected chi connectivity index (χ1v) is 7.75. The van der Waals surface area contributed by atoms with Crippen molar-refractivity contribution >= 4 is 12.1 Å². The Morgan fingerprint density at radius 1 is 1.33 bits per heavy atom. The van der Waals surface area contributed by atoms with E-state index >= 15 is 0 Å². The number of aromatic nitrogens is 4. The molecule has 0 fully saturated rings. The summed E-state index contributed by atoms with van der Waals surface area (Å²) in [5, 5.41) is 6.65. The van der Waals surface area contributed by atoms with Gasteiger partial charge in [0.05, 0.1) is 18.3 Å². The van der Waals surface area contributed by atoms with E-state index in [1.165, 1.54) is 35.9 Å². The smallest absolute Gasteiger partial charge is 0.416 e. The van der Waals surface area contributed by atoms with Crippen LogP contribution in [0.5, 0.6) is 0 Å². The van der Waals surface area contributed by atoms with Crippen LogP contribution < -0.4 is 5.32 Å². The maximum Gasteiger partial charge on any atom is 0.416 e. The summed E-state index contributed by atoms with van der Waals surface area (Å²) in [4.78, 5) is 19.5. The third-order valence-electron chi connectivity index (χ3n) is 3.47. The molecule has 0 unspecified atom stereocenters. The van der Waals surface area contributed by atoms with Crippen LogP contribution in [0.2, 0.25) is 0 Å². The Balaban J connectivity index is 1.69. The van der Waals surface area contributed by atoms with Crippen molar-refractivity contribution in [3.05, 3.63) is 60.1 Å². The van der Waals surface area contributed by atoms with Gasteiger partial charge in [0, 0.05) is 17.8 Å². The van der Waals surface area contributed by atoms with Gasteiger partial charge in [-0.2, -0.15) is 13.2 Å². The Hall–Kier alpha value is -3.43. The lowest BCUT2D eigenvalue weighted by Crippen LogP contribution is -2.20. The Kier molecular flexibility index (Phi) is 5.06. The van der Waals surface area contributed by atoms with Crippen molar-refractivity contribution < 1.29 is 22.4 Å². The molecule has 2 aromatic heterocycles. The van der Waals surface area contributed by atoms with Gasteiger partial charge in [0.2, 0.25) is 5.91 Å². The molecule has 1 aromatic carbocycles. The fourth-order valence-corrected chi connectivity index (χ4v) is 2.26. The molecule has 140 valence electrons. The monoisotopic (exact) mass is 377 g/mol. The Morgan fingerprint density at radius 3 is 2.85 bits per heavy atom. The van der Waals surface area contributed by atoms with Crippen LogP contribution in [-0.2, 0) is 17.5 Å². The van der Waals surface area contributed by atoms with Gasteiger partial charge in [-0.05, 0) is 30.7 Å². The summed E-state index contributed by atoms with van der Waals surface area (Å²) in [6, 6.07) is 3.60. The quantitative estimate of drug-likeness (QED) is 0.691. The van der Waals surface area contributed by atoms with E-state index in [-0.39, 0.29) is 17.9 Å². The molecule has 0 spiro atoms. The van der Waals surface area contributed by atoms with Gasteiger partial charge < -0.3 is 9.73 Å². The van der Waals surface area contributed by atoms with Crippen molar-refractivity contribution in [2.45, 2.75) is 19.6 Å². The zero-order valence-electron chi connectivity index (χ0n) is 14.1. The van der Waals surface area contributed by atoms with Crippen LogP contribution in [0.15, 0.2) is 47.6 Å². The van der Waals surface area contributed by atoms with Crippen molar-refractivity contribution in [2.24, 2.45) is 0 Å². The standard InChI is InChI=1S/C17H14F3N5O2/c1-11-4-12(6-13(5-11)17(18,19)20)16-23-9-25(24-16)3-2-15(26)22-8-14-7-21-10-27-14/h2-7,9-10H,8H2,1H3,(H,22,26)/b3-2-. The summed E-state index contributed by atoms with van der Waals surface area (Å²) < 4.78 is 45.0. The van der Waals surface area contributed by atoms with E-state index in [1.54, 1.807) is 13.0 Å². The van der Waals surface area contributed by atoms with Gasteiger partial charge in [0.25, 0.3) is 0 Å². The molecule has 0 radical (unpaired) electrons. The Morgan fingerprint density at radius 2 is 2.15 bits per heavy atom. The number of carbonyl (C=O) groups excluding carboxylic acids is 1. The lowest BCUT2D eigenvalue weighted by molar-refractivity contribution is -0.137. The van der Waals surface area contributed by atoms with E-state index < -0.39 is 17.6 Å². The normalized spacial score (nSPS) is 11.9. The molecule has 1 N–H and O–H groups in total. The number of rotatable bonds is 5. The van der Waals surface area contributed by atoms with Crippen molar-refractivity contribution in [2.75, 3.05) is 0 Å². The zero-order chi connectivity index (χ0) is 19.4. The lowest BCUT2D eigenvalue weighted by atomic mass is 10.1. The van der Waals surface area contributed by atoms with Gasteiger partial charge in [-0.25, -0.2) is 14.6 Å². The SMILES string of the molecule is Cc1cc(-c2ncn(/C=C\C(=O)NCc3cnco3)n2)cc(C(F)(F)F)c1. The predicted molar refractivity (Wildman–Crippen MR) is 88.9 cm³/mol. The van der Waals surface area contributed by atoms with E-state index in [0.717, 1.165) is 12.1 Å². The highest BCUT2D eigenvalue weighted by Gasteiger charge is 2.31. The molecule has 0 atom stereocenters. The van der Waals surface area contributed by atoms with Gasteiger partial charge in [-0.3, -0.25) is 4.79 Å². The third kappa shape index (κ3) is 4.81. The number of amides is 1. The first-order valence-electron chi connectivity index (χ1n) is 7.75. The second-order valence-electron chi connectivity index (χ2n) is 5.63.